The number of carbonyl (C=O) groups excluding carboxylic acids is 1. The van der Waals surface area contributed by atoms with Gasteiger partial charge < -0.3 is 19.5 Å². The van der Waals surface area contributed by atoms with E-state index in [1.54, 1.807) is 18.2 Å². The lowest BCUT2D eigenvalue weighted by molar-refractivity contribution is -0.137. The van der Waals surface area contributed by atoms with E-state index in [2.05, 4.69) is 45.1 Å². The molecule has 3 saturated heterocycles. The smallest absolute Gasteiger partial charge is 0.226 e. The third-order valence-electron chi connectivity index (χ3n) is 12.3. The number of aryl methyl sites for hydroxylation is 3. The highest BCUT2D eigenvalue weighted by Gasteiger charge is 2.52. The molecule has 1 amide bonds. The number of nitriles is 1. The van der Waals surface area contributed by atoms with Gasteiger partial charge in [-0.15, -0.1) is 0 Å². The van der Waals surface area contributed by atoms with E-state index in [1.807, 2.05) is 25.3 Å². The van der Waals surface area contributed by atoms with Crippen LogP contribution in [-0.2, 0) is 16.0 Å². The van der Waals surface area contributed by atoms with Gasteiger partial charge in [0.05, 0.1) is 57.7 Å². The summed E-state index contributed by atoms with van der Waals surface area (Å²) in [5.41, 5.74) is 6.48. The zero-order chi connectivity index (χ0) is 36.9. The van der Waals surface area contributed by atoms with E-state index in [0.29, 0.717) is 51.6 Å². The normalized spacial score (nSPS) is 25.7. The van der Waals surface area contributed by atoms with E-state index >= 15 is 4.39 Å². The first-order chi connectivity index (χ1) is 25.6. The predicted molar refractivity (Wildman–Crippen MR) is 207 cm³/mol. The van der Waals surface area contributed by atoms with E-state index in [9.17, 15) is 10.1 Å². The molecule has 7 atom stereocenters. The number of amides is 1. The van der Waals surface area contributed by atoms with Crippen LogP contribution in [0.2, 0.25) is 10.0 Å². The number of hydrogen-bond acceptors (Lipinski definition) is 7. The first kappa shape index (κ1) is 35.1. The summed E-state index contributed by atoms with van der Waals surface area (Å²) in [6.45, 7) is 9.08. The summed E-state index contributed by atoms with van der Waals surface area (Å²) in [7, 11) is 0. The molecule has 8 nitrogen and oxygen atoms in total. The molecule has 3 aliphatic heterocycles. The average molecular weight is 772 g/mol. The number of carbonyl (C=O) groups is 1. The standard InChI is InChI=1S/C41H41Cl2FN6O2S/c1-19-18-53-48-37(19)22(4)52-33-16-32(49(21(33)3)41(51)23-10-11-23)31-15-27-20(2)47-38-28(40(27)50(31)39-25-14-30(39)46-17-25)13-24(7-6-12-45)34(36(38)44)26-8-5-9-29(42)35(26)43/h5,8-9,13,15,18,21-23,25,30,32-33,39,46H,6-7,10-11,14,16-17H2,1-4H3. The van der Waals surface area contributed by atoms with Crippen LogP contribution < -0.4 is 5.32 Å². The maximum Gasteiger partial charge on any atom is 0.226 e. The van der Waals surface area contributed by atoms with Crippen LogP contribution >= 0.6 is 34.7 Å². The first-order valence-electron chi connectivity index (χ1n) is 18.7. The van der Waals surface area contributed by atoms with Gasteiger partial charge in [0.25, 0.3) is 0 Å². The fourth-order valence-corrected chi connectivity index (χ4v) is 10.6. The molecule has 2 aliphatic carbocycles. The molecule has 3 aromatic heterocycles. The molecule has 53 heavy (non-hydrogen) atoms. The molecule has 5 aromatic rings. The van der Waals surface area contributed by atoms with Crippen LogP contribution in [0.25, 0.3) is 32.9 Å². The Kier molecular flexibility index (Phi) is 8.82. The van der Waals surface area contributed by atoms with Crippen molar-refractivity contribution in [3.8, 4) is 17.2 Å². The molecule has 10 rings (SSSR count). The minimum Gasteiger partial charge on any atom is -0.367 e. The lowest BCUT2D eigenvalue weighted by Gasteiger charge is -2.39. The van der Waals surface area contributed by atoms with Crippen molar-refractivity contribution in [1.82, 2.24) is 24.1 Å². The van der Waals surface area contributed by atoms with Crippen molar-refractivity contribution in [3.63, 3.8) is 0 Å². The topological polar surface area (TPSA) is 96.1 Å². The van der Waals surface area contributed by atoms with Crippen LogP contribution in [0.3, 0.4) is 0 Å². The lowest BCUT2D eigenvalue weighted by Crippen LogP contribution is -2.43. The monoisotopic (exact) mass is 770 g/mol. The SMILES string of the molecule is Cc1csnc1C(C)OC1CC(c2cc3c(C)nc4c(F)c(-c5cccc(Cl)c5Cl)c(CCC#N)cc4c3n2C2C3CNC2C3)N(C(=O)C2CC2)C1C. The van der Waals surface area contributed by atoms with Gasteiger partial charge in [-0.3, -0.25) is 4.79 Å². The molecule has 0 radical (unpaired) electrons. The van der Waals surface area contributed by atoms with Gasteiger partial charge in [-0.05, 0) is 100 Å². The van der Waals surface area contributed by atoms with E-state index in [4.69, 9.17) is 32.9 Å². The Bertz CT molecular complexity index is 2330. The third kappa shape index (κ3) is 5.60. The molecule has 12 heteroatoms. The van der Waals surface area contributed by atoms with Gasteiger partial charge in [-0.25, -0.2) is 9.37 Å². The van der Waals surface area contributed by atoms with E-state index in [0.717, 1.165) is 53.7 Å². The highest BCUT2D eigenvalue weighted by Crippen LogP contribution is 2.52. The van der Waals surface area contributed by atoms with Crippen molar-refractivity contribution >= 4 is 62.4 Å². The van der Waals surface area contributed by atoms with Crippen LogP contribution in [0.1, 0.15) is 92.3 Å². The molecule has 6 heterocycles. The Labute approximate surface area is 322 Å². The zero-order valence-electron chi connectivity index (χ0n) is 30.1. The number of nitrogens with zero attached hydrogens (tertiary/aromatic N) is 5. The Morgan fingerprint density at radius 1 is 1.21 bits per heavy atom. The molecule has 5 aliphatic rings. The summed E-state index contributed by atoms with van der Waals surface area (Å²) in [6.07, 6.45) is 3.67. The summed E-state index contributed by atoms with van der Waals surface area (Å²) in [4.78, 5) is 21.3. The quantitative estimate of drug-likeness (QED) is 0.160. The Morgan fingerprint density at radius 3 is 2.70 bits per heavy atom. The second kappa shape index (κ2) is 13.3. The number of hydrogen-bond donors (Lipinski definition) is 1. The summed E-state index contributed by atoms with van der Waals surface area (Å²) in [6, 6.07) is 11.7. The summed E-state index contributed by atoms with van der Waals surface area (Å²) in [5, 5.41) is 17.6. The van der Waals surface area contributed by atoms with E-state index < -0.39 is 5.82 Å². The number of fused-ring (bicyclic) bond motifs is 4. The molecule has 2 bridgehead atoms. The maximum absolute atomic E-state index is 17.3. The number of likely N-dealkylation sites (tertiary alicyclic amines) is 1. The Balaban J connectivity index is 1.26. The molecular formula is C41H41Cl2FN6O2S. The summed E-state index contributed by atoms with van der Waals surface area (Å²) in [5.74, 6) is 0.157. The number of nitrogens with one attached hydrogen (secondary N) is 1. The molecular weight excluding hydrogens is 730 g/mol. The molecule has 2 aromatic carbocycles. The number of benzene rings is 2. The second-order valence-electron chi connectivity index (χ2n) is 15.5. The fraction of sp³-hybridized carbons (Fsp3) is 0.463. The van der Waals surface area contributed by atoms with Gasteiger partial charge in [0, 0.05) is 70.0 Å². The average Bonchev–Trinajstić information content (AvgIpc) is 3.50. The maximum atomic E-state index is 17.3. The van der Waals surface area contributed by atoms with E-state index in [-0.39, 0.29) is 65.2 Å². The van der Waals surface area contributed by atoms with Crippen LogP contribution in [-0.4, -0.2) is 49.5 Å². The van der Waals surface area contributed by atoms with Gasteiger partial charge in [-0.2, -0.15) is 9.64 Å². The lowest BCUT2D eigenvalue weighted by atomic mass is 9.79. The molecule has 2 saturated carbocycles. The summed E-state index contributed by atoms with van der Waals surface area (Å²) < 4.78 is 31.1. The highest BCUT2D eigenvalue weighted by molar-refractivity contribution is 7.03. The van der Waals surface area contributed by atoms with Gasteiger partial charge in [0.15, 0.2) is 5.82 Å². The van der Waals surface area contributed by atoms with Crippen LogP contribution in [0.15, 0.2) is 35.7 Å². The van der Waals surface area contributed by atoms with Gasteiger partial charge in [0.1, 0.15) is 5.52 Å². The van der Waals surface area contributed by atoms with Crippen molar-refractivity contribution < 1.29 is 13.9 Å². The zero-order valence-corrected chi connectivity index (χ0v) is 32.5. The predicted octanol–water partition coefficient (Wildman–Crippen LogP) is 9.58. The minimum absolute atomic E-state index is 0.0362. The van der Waals surface area contributed by atoms with Crippen molar-refractivity contribution in [2.24, 2.45) is 11.8 Å². The largest absolute Gasteiger partial charge is 0.367 e. The minimum atomic E-state index is -0.478. The van der Waals surface area contributed by atoms with Crippen LogP contribution in [0.4, 0.5) is 4.39 Å². The first-order valence-corrected chi connectivity index (χ1v) is 20.3. The van der Waals surface area contributed by atoms with Crippen LogP contribution in [0, 0.1) is 42.8 Å². The molecule has 1 N–H and O–H groups in total. The molecule has 274 valence electrons. The molecule has 5 fully saturated rings. The number of halogens is 3. The number of rotatable bonds is 9. The van der Waals surface area contributed by atoms with Crippen LogP contribution in [0.5, 0.6) is 0 Å². The second-order valence-corrected chi connectivity index (χ2v) is 16.9. The van der Waals surface area contributed by atoms with Gasteiger partial charge >= 0.3 is 0 Å². The third-order valence-corrected chi connectivity index (χ3v) is 13.9. The molecule has 0 spiro atoms. The molecule has 7 unspecified atom stereocenters. The Morgan fingerprint density at radius 2 is 2.02 bits per heavy atom. The van der Waals surface area contributed by atoms with E-state index in [1.165, 1.54) is 11.5 Å². The van der Waals surface area contributed by atoms with Crippen molar-refractivity contribution in [1.29, 1.82) is 5.26 Å². The number of pyridine rings is 1. The van der Waals surface area contributed by atoms with Crippen molar-refractivity contribution in [2.45, 2.75) is 103 Å². The fourth-order valence-electron chi connectivity index (χ4n) is 9.44. The summed E-state index contributed by atoms with van der Waals surface area (Å²) >= 11 is 14.6. The van der Waals surface area contributed by atoms with Gasteiger partial charge in [0.2, 0.25) is 5.91 Å². The highest BCUT2D eigenvalue weighted by atomic mass is 35.5. The van der Waals surface area contributed by atoms with Crippen molar-refractivity contribution in [2.75, 3.05) is 6.54 Å². The Hall–Kier alpha value is -3.59. The number of ether oxygens (including phenoxy) is 1. The number of aromatic nitrogens is 3. The van der Waals surface area contributed by atoms with Crippen molar-refractivity contribution in [3.05, 3.63) is 79.8 Å². The van der Waals surface area contributed by atoms with Gasteiger partial charge in [-0.1, -0.05) is 35.3 Å².